The average Bonchev–Trinajstić information content (AvgIpc) is 2.38. The van der Waals surface area contributed by atoms with E-state index >= 15 is 0 Å². The van der Waals surface area contributed by atoms with Crippen LogP contribution in [-0.4, -0.2) is 25.5 Å². The van der Waals surface area contributed by atoms with E-state index in [1.54, 1.807) is 6.07 Å². The molecule has 6 nitrogen and oxygen atoms in total. The molecular weight excluding hydrogens is 326 g/mol. The number of halogens is 1. The summed E-state index contributed by atoms with van der Waals surface area (Å²) >= 11 is 3.44. The van der Waals surface area contributed by atoms with Crippen LogP contribution in [-0.2, 0) is 0 Å². The number of benzene rings is 1. The number of amides is 2. The van der Waals surface area contributed by atoms with Crippen LogP contribution in [0.4, 0.5) is 4.79 Å². The number of ether oxygens (including phenoxy) is 2. The van der Waals surface area contributed by atoms with Gasteiger partial charge in [0.15, 0.2) is 11.5 Å². The van der Waals surface area contributed by atoms with Gasteiger partial charge >= 0.3 is 6.03 Å². The van der Waals surface area contributed by atoms with E-state index < -0.39 is 6.03 Å². The lowest BCUT2D eigenvalue weighted by atomic mass is 10.2. The van der Waals surface area contributed by atoms with Gasteiger partial charge in [-0.1, -0.05) is 6.92 Å². The van der Waals surface area contributed by atoms with Crippen molar-refractivity contribution < 1.29 is 14.3 Å². The van der Waals surface area contributed by atoms with E-state index in [1.165, 1.54) is 6.21 Å². The molecule has 1 aromatic carbocycles. The molecule has 0 spiro atoms. The van der Waals surface area contributed by atoms with Crippen LogP contribution in [0.1, 0.15) is 25.8 Å². The van der Waals surface area contributed by atoms with Gasteiger partial charge in [0.1, 0.15) is 0 Å². The van der Waals surface area contributed by atoms with Crippen molar-refractivity contribution in [2.24, 2.45) is 10.8 Å². The topological polar surface area (TPSA) is 85.9 Å². The number of rotatable bonds is 7. The fraction of sp³-hybridized carbons (Fsp3) is 0.385. The minimum Gasteiger partial charge on any atom is -0.490 e. The number of carbonyl (C=O) groups is 1. The third kappa shape index (κ3) is 5.08. The molecule has 0 saturated carbocycles. The molecule has 20 heavy (non-hydrogen) atoms. The zero-order chi connectivity index (χ0) is 15.0. The van der Waals surface area contributed by atoms with Gasteiger partial charge in [0.2, 0.25) is 0 Å². The van der Waals surface area contributed by atoms with Gasteiger partial charge in [-0.15, -0.1) is 0 Å². The van der Waals surface area contributed by atoms with E-state index in [0.717, 1.165) is 16.5 Å². The number of nitrogens with zero attached hydrogens (tertiary/aromatic N) is 1. The van der Waals surface area contributed by atoms with Crippen LogP contribution in [0.15, 0.2) is 21.7 Å². The Kier molecular flexibility index (Phi) is 6.86. The third-order valence-corrected chi connectivity index (χ3v) is 2.76. The molecule has 1 rings (SSSR count). The number of hydrogen-bond donors (Lipinski definition) is 2. The number of urea groups is 1. The summed E-state index contributed by atoms with van der Waals surface area (Å²) in [6.07, 6.45) is 2.38. The summed E-state index contributed by atoms with van der Waals surface area (Å²) in [6.45, 7) is 5.06. The summed E-state index contributed by atoms with van der Waals surface area (Å²) in [5.74, 6) is 1.28. The van der Waals surface area contributed by atoms with Crippen molar-refractivity contribution in [2.75, 3.05) is 13.2 Å². The lowest BCUT2D eigenvalue weighted by molar-refractivity contribution is 0.249. The lowest BCUT2D eigenvalue weighted by Gasteiger charge is -2.14. The molecular formula is C13H18BrN3O3. The number of nitrogens with one attached hydrogen (secondary N) is 1. The highest BCUT2D eigenvalue weighted by Crippen LogP contribution is 2.36. The zero-order valence-electron chi connectivity index (χ0n) is 11.5. The molecule has 7 heteroatoms. The van der Waals surface area contributed by atoms with Crippen molar-refractivity contribution >= 4 is 28.2 Å². The second-order valence-corrected chi connectivity index (χ2v) is 4.70. The fourth-order valence-corrected chi connectivity index (χ4v) is 2.01. The van der Waals surface area contributed by atoms with Gasteiger partial charge in [-0.05, 0) is 47.0 Å². The van der Waals surface area contributed by atoms with E-state index in [4.69, 9.17) is 15.2 Å². The summed E-state index contributed by atoms with van der Waals surface area (Å²) in [6, 6.07) is 2.89. The van der Waals surface area contributed by atoms with Gasteiger partial charge in [0.05, 0.1) is 23.9 Å². The molecule has 110 valence electrons. The number of hydrogen-bond acceptors (Lipinski definition) is 4. The van der Waals surface area contributed by atoms with Crippen molar-refractivity contribution in [2.45, 2.75) is 20.3 Å². The SMILES string of the molecule is CCCOc1c(Br)cc(C=NNC(N)=O)cc1OCC. The normalized spacial score (nSPS) is 10.6. The van der Waals surface area contributed by atoms with Gasteiger partial charge in [0, 0.05) is 0 Å². The average molecular weight is 344 g/mol. The van der Waals surface area contributed by atoms with Crippen LogP contribution in [0.3, 0.4) is 0 Å². The number of carbonyl (C=O) groups excluding carboxylic acids is 1. The van der Waals surface area contributed by atoms with Crippen LogP contribution < -0.4 is 20.6 Å². The molecule has 1 aromatic rings. The second kappa shape index (κ2) is 8.42. The molecule has 0 heterocycles. The second-order valence-electron chi connectivity index (χ2n) is 3.85. The van der Waals surface area contributed by atoms with Crippen molar-refractivity contribution in [3.05, 3.63) is 22.2 Å². The Labute approximate surface area is 126 Å². The Morgan fingerprint density at radius 2 is 2.20 bits per heavy atom. The molecule has 0 saturated heterocycles. The monoisotopic (exact) mass is 343 g/mol. The van der Waals surface area contributed by atoms with Crippen molar-refractivity contribution in [1.82, 2.24) is 5.43 Å². The van der Waals surface area contributed by atoms with Crippen LogP contribution in [0.5, 0.6) is 11.5 Å². The van der Waals surface area contributed by atoms with E-state index in [2.05, 4.69) is 26.5 Å². The first-order chi connectivity index (χ1) is 9.58. The van der Waals surface area contributed by atoms with E-state index in [9.17, 15) is 4.79 Å². The van der Waals surface area contributed by atoms with Gasteiger partial charge < -0.3 is 15.2 Å². The number of hydrazone groups is 1. The highest BCUT2D eigenvalue weighted by Gasteiger charge is 2.11. The largest absolute Gasteiger partial charge is 0.490 e. The van der Waals surface area contributed by atoms with Crippen LogP contribution in [0.25, 0.3) is 0 Å². The van der Waals surface area contributed by atoms with Crippen molar-refractivity contribution in [3.8, 4) is 11.5 Å². The maximum absolute atomic E-state index is 10.5. The molecule has 0 atom stereocenters. The molecule has 3 N–H and O–H groups in total. The Morgan fingerprint density at radius 3 is 2.80 bits per heavy atom. The molecule has 0 radical (unpaired) electrons. The Balaban J connectivity index is 2.99. The Hall–Kier alpha value is -1.76. The summed E-state index contributed by atoms with van der Waals surface area (Å²) in [5.41, 5.74) is 7.81. The molecule has 0 aromatic heterocycles. The van der Waals surface area contributed by atoms with E-state index in [1.807, 2.05) is 19.9 Å². The predicted octanol–water partition coefficient (Wildman–Crippen LogP) is 2.64. The third-order valence-electron chi connectivity index (χ3n) is 2.17. The van der Waals surface area contributed by atoms with E-state index in [0.29, 0.717) is 24.7 Å². The molecule has 0 aliphatic rings. The maximum Gasteiger partial charge on any atom is 0.332 e. The first kappa shape index (κ1) is 16.3. The summed E-state index contributed by atoms with van der Waals surface area (Å²) in [4.78, 5) is 10.5. The minimum absolute atomic E-state index is 0.523. The lowest BCUT2D eigenvalue weighted by Crippen LogP contribution is -2.24. The molecule has 0 aliphatic heterocycles. The van der Waals surface area contributed by atoms with Gasteiger partial charge in [-0.25, -0.2) is 10.2 Å². The highest BCUT2D eigenvalue weighted by molar-refractivity contribution is 9.10. The van der Waals surface area contributed by atoms with E-state index in [-0.39, 0.29) is 0 Å². The number of primary amides is 1. The molecule has 2 amide bonds. The number of nitrogens with two attached hydrogens (primary N) is 1. The van der Waals surface area contributed by atoms with Crippen molar-refractivity contribution in [1.29, 1.82) is 0 Å². The predicted molar refractivity (Wildman–Crippen MR) is 81.4 cm³/mol. The van der Waals surface area contributed by atoms with Crippen molar-refractivity contribution in [3.63, 3.8) is 0 Å². The molecule has 0 aliphatic carbocycles. The molecule has 0 unspecified atom stereocenters. The fourth-order valence-electron chi connectivity index (χ4n) is 1.44. The summed E-state index contributed by atoms with van der Waals surface area (Å²) in [7, 11) is 0. The standard InChI is InChI=1S/C13H18BrN3O3/c1-3-5-20-12-10(14)6-9(7-11(12)19-4-2)8-16-17-13(15)18/h6-8H,3-5H2,1-2H3,(H3,15,17,18). The highest BCUT2D eigenvalue weighted by atomic mass is 79.9. The Bertz CT molecular complexity index is 492. The minimum atomic E-state index is -0.715. The molecule has 0 bridgehead atoms. The maximum atomic E-state index is 10.5. The van der Waals surface area contributed by atoms with Gasteiger partial charge in [-0.2, -0.15) is 5.10 Å². The smallest absolute Gasteiger partial charge is 0.332 e. The summed E-state index contributed by atoms with van der Waals surface area (Å²) in [5, 5.41) is 3.71. The zero-order valence-corrected chi connectivity index (χ0v) is 13.1. The molecule has 0 fully saturated rings. The van der Waals surface area contributed by atoms with Crippen LogP contribution >= 0.6 is 15.9 Å². The van der Waals surface area contributed by atoms with Crippen LogP contribution in [0.2, 0.25) is 0 Å². The van der Waals surface area contributed by atoms with Crippen LogP contribution in [0, 0.1) is 0 Å². The first-order valence-corrected chi connectivity index (χ1v) is 7.05. The Morgan fingerprint density at radius 1 is 1.45 bits per heavy atom. The van der Waals surface area contributed by atoms with Gasteiger partial charge in [0.25, 0.3) is 0 Å². The van der Waals surface area contributed by atoms with Gasteiger partial charge in [-0.3, -0.25) is 0 Å². The summed E-state index contributed by atoms with van der Waals surface area (Å²) < 4.78 is 12.0. The first-order valence-electron chi connectivity index (χ1n) is 6.26. The quantitative estimate of drug-likeness (QED) is 0.589.